The number of ether oxygens (including phenoxy) is 1. The van der Waals surface area contributed by atoms with Crippen LogP contribution in [0.4, 0.5) is 0 Å². The van der Waals surface area contributed by atoms with E-state index >= 15 is 0 Å². The van der Waals surface area contributed by atoms with Crippen molar-refractivity contribution in [1.82, 2.24) is 4.90 Å². The van der Waals surface area contributed by atoms with E-state index in [9.17, 15) is 0 Å². The molecule has 1 aromatic rings. The summed E-state index contributed by atoms with van der Waals surface area (Å²) in [5.74, 6) is 0.918. The third kappa shape index (κ3) is 5.20. The first kappa shape index (κ1) is 14.0. The maximum atomic E-state index is 5.61. The Bertz CT molecular complexity index is 292. The van der Waals surface area contributed by atoms with Crippen molar-refractivity contribution < 1.29 is 4.74 Å². The van der Waals surface area contributed by atoms with E-state index in [1.807, 2.05) is 12.1 Å². The summed E-state index contributed by atoms with van der Waals surface area (Å²) in [6.45, 7) is 6.15. The number of benzene rings is 1. The number of hydrogen-bond acceptors (Lipinski definition) is 3. The number of nitrogens with zero attached hydrogens (tertiary/aromatic N) is 1. The van der Waals surface area contributed by atoms with Crippen molar-refractivity contribution in [2.24, 2.45) is 5.73 Å². The molecule has 0 heterocycles. The predicted octanol–water partition coefficient (Wildman–Crippen LogP) is 1.91. The van der Waals surface area contributed by atoms with Crippen LogP contribution in [-0.4, -0.2) is 38.2 Å². The zero-order valence-electron chi connectivity index (χ0n) is 11.0. The third-order valence-corrected chi connectivity index (χ3v) is 2.86. The molecule has 0 radical (unpaired) electrons. The summed E-state index contributed by atoms with van der Waals surface area (Å²) in [6.07, 6.45) is 2.26. The molecule has 0 aliphatic heterocycles. The molecule has 0 aliphatic carbocycles. The molecule has 3 nitrogen and oxygen atoms in total. The molecule has 0 saturated heterocycles. The van der Waals surface area contributed by atoms with E-state index in [-0.39, 0.29) is 0 Å². The quantitative estimate of drug-likeness (QED) is 0.749. The molecule has 1 aromatic carbocycles. The number of rotatable bonds is 8. The highest BCUT2D eigenvalue weighted by Crippen LogP contribution is 2.11. The Labute approximate surface area is 105 Å². The maximum Gasteiger partial charge on any atom is 0.118 e. The highest BCUT2D eigenvalue weighted by Gasteiger charge is 2.03. The van der Waals surface area contributed by atoms with E-state index in [1.165, 1.54) is 12.0 Å². The molecule has 17 heavy (non-hydrogen) atoms. The Morgan fingerprint density at radius 3 is 2.35 bits per heavy atom. The lowest BCUT2D eigenvalue weighted by molar-refractivity contribution is 0.285. The van der Waals surface area contributed by atoms with Gasteiger partial charge in [-0.3, -0.25) is 0 Å². The van der Waals surface area contributed by atoms with Crippen molar-refractivity contribution in [2.45, 2.75) is 19.8 Å². The van der Waals surface area contributed by atoms with Gasteiger partial charge in [-0.25, -0.2) is 0 Å². The first-order valence-corrected chi connectivity index (χ1v) is 6.35. The van der Waals surface area contributed by atoms with Crippen LogP contribution >= 0.6 is 0 Å². The first-order chi connectivity index (χ1) is 8.30. The second-order valence-electron chi connectivity index (χ2n) is 4.23. The highest BCUT2D eigenvalue weighted by molar-refractivity contribution is 5.27. The van der Waals surface area contributed by atoms with Crippen molar-refractivity contribution >= 4 is 0 Å². The van der Waals surface area contributed by atoms with Crippen LogP contribution in [-0.2, 0) is 6.42 Å². The summed E-state index contributed by atoms with van der Waals surface area (Å²) < 4.78 is 5.14. The molecule has 0 aliphatic rings. The molecule has 96 valence electrons. The molecule has 0 unspecified atom stereocenters. The fourth-order valence-corrected chi connectivity index (χ4v) is 1.91. The first-order valence-electron chi connectivity index (χ1n) is 6.35. The summed E-state index contributed by atoms with van der Waals surface area (Å²) >= 11 is 0. The predicted molar refractivity (Wildman–Crippen MR) is 72.5 cm³/mol. The Morgan fingerprint density at radius 2 is 1.82 bits per heavy atom. The average Bonchev–Trinajstić information content (AvgIpc) is 2.37. The van der Waals surface area contributed by atoms with E-state index in [4.69, 9.17) is 10.5 Å². The van der Waals surface area contributed by atoms with Gasteiger partial charge >= 0.3 is 0 Å². The Balaban J connectivity index is 2.41. The second-order valence-corrected chi connectivity index (χ2v) is 4.23. The lowest BCUT2D eigenvalue weighted by Crippen LogP contribution is -2.32. The van der Waals surface area contributed by atoms with Gasteiger partial charge in [0, 0.05) is 19.6 Å². The van der Waals surface area contributed by atoms with Crippen molar-refractivity contribution in [2.75, 3.05) is 33.3 Å². The van der Waals surface area contributed by atoms with Crippen LogP contribution in [0.3, 0.4) is 0 Å². The molecule has 0 saturated carbocycles. The van der Waals surface area contributed by atoms with Crippen LogP contribution in [0.5, 0.6) is 5.75 Å². The molecular weight excluding hydrogens is 212 g/mol. The van der Waals surface area contributed by atoms with Crippen molar-refractivity contribution in [3.05, 3.63) is 29.8 Å². The van der Waals surface area contributed by atoms with Crippen LogP contribution < -0.4 is 10.5 Å². The molecule has 3 heteroatoms. The van der Waals surface area contributed by atoms with Crippen molar-refractivity contribution in [3.63, 3.8) is 0 Å². The molecule has 0 spiro atoms. The SMILES string of the molecule is CCCN(CCN)CCc1ccc(OC)cc1. The van der Waals surface area contributed by atoms with Gasteiger partial charge in [-0.15, -0.1) is 0 Å². The van der Waals surface area contributed by atoms with Gasteiger partial charge in [0.1, 0.15) is 5.75 Å². The van der Waals surface area contributed by atoms with E-state index in [0.29, 0.717) is 0 Å². The van der Waals surface area contributed by atoms with Crippen LogP contribution in [0.1, 0.15) is 18.9 Å². The fraction of sp³-hybridized carbons (Fsp3) is 0.571. The maximum absolute atomic E-state index is 5.61. The Hall–Kier alpha value is -1.06. The number of hydrogen-bond donors (Lipinski definition) is 1. The lowest BCUT2D eigenvalue weighted by Gasteiger charge is -2.20. The van der Waals surface area contributed by atoms with Gasteiger partial charge in [0.2, 0.25) is 0 Å². The minimum absolute atomic E-state index is 0.739. The van der Waals surface area contributed by atoms with Crippen LogP contribution in [0.25, 0.3) is 0 Å². The van der Waals surface area contributed by atoms with Crippen LogP contribution in [0.15, 0.2) is 24.3 Å². The molecule has 0 atom stereocenters. The zero-order valence-corrected chi connectivity index (χ0v) is 11.0. The highest BCUT2D eigenvalue weighted by atomic mass is 16.5. The van der Waals surface area contributed by atoms with Crippen molar-refractivity contribution in [3.8, 4) is 5.75 Å². The van der Waals surface area contributed by atoms with Gasteiger partial charge in [-0.05, 0) is 37.1 Å². The van der Waals surface area contributed by atoms with Gasteiger partial charge in [0.05, 0.1) is 7.11 Å². The number of nitrogens with two attached hydrogens (primary N) is 1. The molecule has 1 rings (SSSR count). The van der Waals surface area contributed by atoms with Crippen LogP contribution in [0.2, 0.25) is 0 Å². The largest absolute Gasteiger partial charge is 0.497 e. The summed E-state index contributed by atoms with van der Waals surface area (Å²) in [7, 11) is 1.69. The fourth-order valence-electron chi connectivity index (χ4n) is 1.91. The third-order valence-electron chi connectivity index (χ3n) is 2.86. The molecule has 0 fully saturated rings. The van der Waals surface area contributed by atoms with E-state index in [0.717, 1.165) is 38.3 Å². The topological polar surface area (TPSA) is 38.5 Å². The molecule has 0 bridgehead atoms. The Morgan fingerprint density at radius 1 is 1.12 bits per heavy atom. The molecule has 0 amide bonds. The smallest absolute Gasteiger partial charge is 0.118 e. The van der Waals surface area contributed by atoms with Gasteiger partial charge in [-0.1, -0.05) is 19.1 Å². The van der Waals surface area contributed by atoms with Crippen LogP contribution in [0, 0.1) is 0 Å². The minimum Gasteiger partial charge on any atom is -0.497 e. The monoisotopic (exact) mass is 236 g/mol. The Kier molecular flexibility index (Phi) is 6.67. The van der Waals surface area contributed by atoms with Gasteiger partial charge in [0.25, 0.3) is 0 Å². The summed E-state index contributed by atoms with van der Waals surface area (Å²) in [6, 6.07) is 8.29. The van der Waals surface area contributed by atoms with E-state index in [2.05, 4.69) is 24.0 Å². The van der Waals surface area contributed by atoms with Crippen molar-refractivity contribution in [1.29, 1.82) is 0 Å². The van der Waals surface area contributed by atoms with E-state index in [1.54, 1.807) is 7.11 Å². The standard InChI is InChI=1S/C14H24N2O/c1-3-10-16(12-9-15)11-8-13-4-6-14(17-2)7-5-13/h4-7H,3,8-12,15H2,1-2H3. The molecule has 0 aromatic heterocycles. The summed E-state index contributed by atoms with van der Waals surface area (Å²) in [5, 5.41) is 0. The zero-order chi connectivity index (χ0) is 12.5. The van der Waals surface area contributed by atoms with Gasteiger partial charge < -0.3 is 15.4 Å². The summed E-state index contributed by atoms with van der Waals surface area (Å²) in [5.41, 5.74) is 6.96. The number of methoxy groups -OCH3 is 1. The second kappa shape index (κ2) is 8.09. The van der Waals surface area contributed by atoms with Gasteiger partial charge in [0.15, 0.2) is 0 Å². The normalized spacial score (nSPS) is 10.8. The van der Waals surface area contributed by atoms with E-state index < -0.39 is 0 Å². The van der Waals surface area contributed by atoms with Gasteiger partial charge in [-0.2, -0.15) is 0 Å². The lowest BCUT2D eigenvalue weighted by atomic mass is 10.1. The average molecular weight is 236 g/mol. The molecular formula is C14H24N2O. The minimum atomic E-state index is 0.739. The molecule has 2 N–H and O–H groups in total. The summed E-state index contributed by atoms with van der Waals surface area (Å²) in [4.78, 5) is 2.42.